The van der Waals surface area contributed by atoms with E-state index in [1.165, 1.54) is 57.8 Å². The monoisotopic (exact) mass is 361 g/mol. The highest BCUT2D eigenvalue weighted by molar-refractivity contribution is 7.82. The molecule has 7 atom stereocenters. The van der Waals surface area contributed by atoms with Crippen molar-refractivity contribution < 1.29 is 5.11 Å². The van der Waals surface area contributed by atoms with Crippen LogP contribution in [-0.2, 0) is 0 Å². The maximum Gasteiger partial charge on any atom is 0.0724 e. The number of allylic oxidation sites excluding steroid dienone is 1. The van der Waals surface area contributed by atoms with E-state index >= 15 is 0 Å². The average molecular weight is 362 g/mol. The number of rotatable bonds is 2. The second-order valence-electron chi connectivity index (χ2n) is 10.5. The van der Waals surface area contributed by atoms with Crippen molar-refractivity contribution in [1.82, 2.24) is 5.32 Å². The summed E-state index contributed by atoms with van der Waals surface area (Å²) in [5.41, 5.74) is 2.44. The Bertz CT molecular complexity index is 599. The van der Waals surface area contributed by atoms with Crippen LogP contribution in [0.2, 0.25) is 0 Å². The van der Waals surface area contributed by atoms with Crippen LogP contribution in [0.25, 0.3) is 0 Å². The fraction of sp³-hybridized carbons (Fsp3) is 0.909. The fourth-order valence-corrected chi connectivity index (χ4v) is 7.80. The number of aliphatic hydroxyl groups is 1. The first-order valence-corrected chi connectivity index (χ1v) is 11.2. The SMILES string of the molecule is C[C@]12CCC(O)C=C1CCC1C2CC[C@@]2(C)C1CC[C@@H]2NC1(S)CC1. The molecule has 4 saturated carbocycles. The third-order valence-electron chi connectivity index (χ3n) is 9.26. The quantitative estimate of drug-likeness (QED) is 0.379. The van der Waals surface area contributed by atoms with Gasteiger partial charge in [0.05, 0.1) is 11.0 Å². The molecular weight excluding hydrogens is 326 g/mol. The summed E-state index contributed by atoms with van der Waals surface area (Å²) in [7, 11) is 0. The van der Waals surface area contributed by atoms with Gasteiger partial charge in [0.25, 0.3) is 0 Å². The lowest BCUT2D eigenvalue weighted by Crippen LogP contribution is -2.54. The lowest BCUT2D eigenvalue weighted by Gasteiger charge is -2.58. The molecule has 0 saturated heterocycles. The first-order chi connectivity index (χ1) is 11.8. The molecule has 25 heavy (non-hydrogen) atoms. The number of nitrogens with one attached hydrogen (secondary N) is 1. The minimum Gasteiger partial charge on any atom is -0.389 e. The Hall–Kier alpha value is 0.01000. The van der Waals surface area contributed by atoms with Gasteiger partial charge in [-0.1, -0.05) is 25.5 Å². The summed E-state index contributed by atoms with van der Waals surface area (Å²) < 4.78 is 0. The number of hydrogen-bond acceptors (Lipinski definition) is 3. The topological polar surface area (TPSA) is 32.3 Å². The van der Waals surface area contributed by atoms with Gasteiger partial charge in [-0.2, -0.15) is 12.6 Å². The van der Waals surface area contributed by atoms with Gasteiger partial charge in [-0.05, 0) is 92.8 Å². The summed E-state index contributed by atoms with van der Waals surface area (Å²) >= 11 is 4.87. The predicted octanol–water partition coefficient (Wildman–Crippen LogP) is 4.69. The molecule has 0 heterocycles. The highest BCUT2D eigenvalue weighted by Crippen LogP contribution is 2.65. The summed E-state index contributed by atoms with van der Waals surface area (Å²) in [5, 5.41) is 14.1. The fourth-order valence-electron chi connectivity index (χ4n) is 7.53. The maximum absolute atomic E-state index is 10.1. The predicted molar refractivity (Wildman–Crippen MR) is 106 cm³/mol. The second kappa shape index (κ2) is 5.52. The van der Waals surface area contributed by atoms with Crippen molar-refractivity contribution in [2.24, 2.45) is 28.6 Å². The average Bonchev–Trinajstić information content (AvgIpc) is 3.21. The zero-order valence-corrected chi connectivity index (χ0v) is 16.8. The van der Waals surface area contributed by atoms with Crippen LogP contribution in [0.15, 0.2) is 11.6 Å². The Morgan fingerprint density at radius 3 is 2.56 bits per heavy atom. The van der Waals surface area contributed by atoms with Gasteiger partial charge >= 0.3 is 0 Å². The van der Waals surface area contributed by atoms with Gasteiger partial charge in [0, 0.05) is 6.04 Å². The molecule has 0 aromatic heterocycles. The van der Waals surface area contributed by atoms with E-state index < -0.39 is 0 Å². The van der Waals surface area contributed by atoms with E-state index in [0.29, 0.717) is 16.9 Å². The van der Waals surface area contributed by atoms with Crippen molar-refractivity contribution in [1.29, 1.82) is 0 Å². The molecular formula is C22H35NOS. The molecule has 0 amide bonds. The van der Waals surface area contributed by atoms with E-state index in [0.717, 1.165) is 24.2 Å². The normalized spacial score (nSPS) is 53.4. The molecule has 5 rings (SSSR count). The molecule has 3 heteroatoms. The Morgan fingerprint density at radius 1 is 1.00 bits per heavy atom. The summed E-state index contributed by atoms with van der Waals surface area (Å²) in [6, 6.07) is 0.677. The van der Waals surface area contributed by atoms with Crippen LogP contribution in [0.3, 0.4) is 0 Å². The van der Waals surface area contributed by atoms with Crippen LogP contribution in [0.5, 0.6) is 0 Å². The first-order valence-electron chi connectivity index (χ1n) is 10.7. The van der Waals surface area contributed by atoms with E-state index in [1.807, 2.05) is 0 Å². The molecule has 0 aliphatic heterocycles. The molecule has 0 aromatic carbocycles. The lowest BCUT2D eigenvalue weighted by molar-refractivity contribution is -0.0490. The van der Waals surface area contributed by atoms with Crippen molar-refractivity contribution in [3.63, 3.8) is 0 Å². The number of aliphatic hydroxyl groups excluding tert-OH is 1. The Labute approximate surface area is 158 Å². The van der Waals surface area contributed by atoms with Crippen LogP contribution in [0.4, 0.5) is 0 Å². The zero-order chi connectivity index (χ0) is 17.4. The molecule has 0 bridgehead atoms. The van der Waals surface area contributed by atoms with Crippen molar-refractivity contribution in [2.75, 3.05) is 0 Å². The molecule has 2 nitrogen and oxygen atoms in total. The third-order valence-corrected chi connectivity index (χ3v) is 9.83. The number of thiol groups is 1. The summed E-state index contributed by atoms with van der Waals surface area (Å²) in [6.07, 6.45) is 14.8. The van der Waals surface area contributed by atoms with Crippen molar-refractivity contribution in [2.45, 2.75) is 95.1 Å². The van der Waals surface area contributed by atoms with Crippen LogP contribution in [0, 0.1) is 28.6 Å². The summed E-state index contributed by atoms with van der Waals surface area (Å²) in [4.78, 5) is 0.160. The van der Waals surface area contributed by atoms with Crippen molar-refractivity contribution in [3.8, 4) is 0 Å². The number of hydrogen-bond donors (Lipinski definition) is 3. The minimum atomic E-state index is -0.182. The van der Waals surface area contributed by atoms with Crippen LogP contribution < -0.4 is 5.32 Å². The van der Waals surface area contributed by atoms with Crippen LogP contribution in [0.1, 0.15) is 78.1 Å². The van der Waals surface area contributed by atoms with E-state index in [2.05, 4.69) is 25.2 Å². The van der Waals surface area contributed by atoms with E-state index in [1.54, 1.807) is 5.57 Å². The Balaban J connectivity index is 1.41. The molecule has 0 aromatic rings. The van der Waals surface area contributed by atoms with Crippen LogP contribution >= 0.6 is 12.6 Å². The smallest absolute Gasteiger partial charge is 0.0724 e. The molecule has 4 fully saturated rings. The van der Waals surface area contributed by atoms with Gasteiger partial charge < -0.3 is 5.11 Å². The Morgan fingerprint density at radius 2 is 1.80 bits per heavy atom. The first kappa shape index (κ1) is 17.1. The molecule has 140 valence electrons. The van der Waals surface area contributed by atoms with Gasteiger partial charge in [0.1, 0.15) is 0 Å². The van der Waals surface area contributed by atoms with Crippen molar-refractivity contribution >= 4 is 12.6 Å². The Kier molecular flexibility index (Phi) is 3.78. The number of fused-ring (bicyclic) bond motifs is 5. The molecule has 0 radical (unpaired) electrons. The standard InChI is InChI=1S/C22H35NOS/c1-20-9-7-15(24)13-14(20)3-4-16-17-5-6-19(23-22(25)11-12-22)21(17,2)10-8-18(16)20/h13,15-19,23-25H,3-12H2,1-2H3/t15?,16?,17?,18?,19-,20-,21-/m0/s1. The molecule has 2 N–H and O–H groups in total. The largest absolute Gasteiger partial charge is 0.389 e. The molecule has 5 aliphatic rings. The molecule has 5 aliphatic carbocycles. The molecule has 4 unspecified atom stereocenters. The van der Waals surface area contributed by atoms with Gasteiger partial charge in [0.2, 0.25) is 0 Å². The van der Waals surface area contributed by atoms with E-state index in [4.69, 9.17) is 12.6 Å². The zero-order valence-electron chi connectivity index (χ0n) is 15.9. The van der Waals surface area contributed by atoms with Gasteiger partial charge in [-0.25, -0.2) is 0 Å². The second-order valence-corrected chi connectivity index (χ2v) is 11.3. The van der Waals surface area contributed by atoms with Crippen LogP contribution in [-0.4, -0.2) is 22.1 Å². The van der Waals surface area contributed by atoms with Gasteiger partial charge in [-0.15, -0.1) is 0 Å². The highest BCUT2D eigenvalue weighted by atomic mass is 32.1. The third kappa shape index (κ3) is 2.51. The maximum atomic E-state index is 10.1. The summed E-state index contributed by atoms with van der Waals surface area (Å²) in [5.74, 6) is 2.64. The van der Waals surface area contributed by atoms with Gasteiger partial charge in [0.15, 0.2) is 0 Å². The minimum absolute atomic E-state index is 0.160. The summed E-state index contributed by atoms with van der Waals surface area (Å²) in [6.45, 7) is 5.12. The van der Waals surface area contributed by atoms with Crippen molar-refractivity contribution in [3.05, 3.63) is 11.6 Å². The highest BCUT2D eigenvalue weighted by Gasteiger charge is 2.60. The van der Waals surface area contributed by atoms with E-state index in [-0.39, 0.29) is 11.0 Å². The lowest BCUT2D eigenvalue weighted by atomic mass is 9.47. The van der Waals surface area contributed by atoms with Gasteiger partial charge in [-0.3, -0.25) is 5.32 Å². The molecule has 0 spiro atoms. The van der Waals surface area contributed by atoms with E-state index in [9.17, 15) is 5.11 Å².